The first-order chi connectivity index (χ1) is 32.8. The van der Waals surface area contributed by atoms with Crippen LogP contribution < -0.4 is 0 Å². The highest BCUT2D eigenvalue weighted by Crippen LogP contribution is 2.48. The summed E-state index contributed by atoms with van der Waals surface area (Å²) >= 11 is 0. The van der Waals surface area contributed by atoms with Gasteiger partial charge in [0.1, 0.15) is 0 Å². The number of rotatable bonds is 2. The van der Waals surface area contributed by atoms with Crippen LogP contribution in [0.2, 0.25) is 0 Å². The van der Waals surface area contributed by atoms with Crippen molar-refractivity contribution in [2.24, 2.45) is 0 Å². The molecule has 0 N–H and O–H groups in total. The molecule has 17 rings (SSSR count). The van der Waals surface area contributed by atoms with Crippen LogP contribution in [0, 0.1) is 0 Å². The number of benzene rings is 10. The van der Waals surface area contributed by atoms with Crippen molar-refractivity contribution in [1.82, 2.24) is 26.7 Å². The summed E-state index contributed by atoms with van der Waals surface area (Å²) in [5.74, 6) is 0. The van der Waals surface area contributed by atoms with Gasteiger partial charge in [0.15, 0.2) is 0 Å². The lowest BCUT2D eigenvalue weighted by atomic mass is 10.1. The van der Waals surface area contributed by atoms with Gasteiger partial charge in [-0.05, 0) is 84.9 Å². The van der Waals surface area contributed by atoms with Crippen molar-refractivity contribution in [2.45, 2.75) is 0 Å². The molecule has 0 aliphatic rings. The largest absolute Gasteiger partial charge is 0.306 e. The molecule has 304 valence electrons. The molecule has 6 nitrogen and oxygen atoms in total. The van der Waals surface area contributed by atoms with Crippen LogP contribution >= 0.6 is 0 Å². The molecule has 0 atom stereocenters. The maximum Gasteiger partial charge on any atom is 0.0784 e. The Morgan fingerprint density at radius 1 is 0.182 bits per heavy atom. The van der Waals surface area contributed by atoms with Crippen LogP contribution in [0.25, 0.3) is 143 Å². The van der Waals surface area contributed by atoms with Crippen LogP contribution in [0.1, 0.15) is 0 Å². The third-order valence-corrected chi connectivity index (χ3v) is 15.0. The van der Waals surface area contributed by atoms with Gasteiger partial charge in [0, 0.05) is 54.5 Å². The van der Waals surface area contributed by atoms with Crippen LogP contribution in [0.5, 0.6) is 0 Å². The molecule has 10 aromatic carbocycles. The van der Waals surface area contributed by atoms with Gasteiger partial charge in [-0.1, -0.05) is 121 Å². The fourth-order valence-corrected chi connectivity index (χ4v) is 12.7. The predicted octanol–water partition coefficient (Wildman–Crippen LogP) is 15.2. The molecule has 0 radical (unpaired) electrons. The fourth-order valence-electron chi connectivity index (χ4n) is 12.7. The molecule has 0 saturated heterocycles. The zero-order valence-electron chi connectivity index (χ0n) is 35.3. The first-order valence-electron chi connectivity index (χ1n) is 22.8. The van der Waals surface area contributed by atoms with Gasteiger partial charge >= 0.3 is 0 Å². The van der Waals surface area contributed by atoms with Crippen molar-refractivity contribution >= 4 is 131 Å². The second-order valence-electron chi connectivity index (χ2n) is 18.1. The maximum absolute atomic E-state index is 2.57. The Kier molecular flexibility index (Phi) is 5.88. The van der Waals surface area contributed by atoms with Crippen molar-refractivity contribution in [3.63, 3.8) is 0 Å². The van der Waals surface area contributed by atoms with Crippen LogP contribution in [-0.4, -0.2) is 26.7 Å². The van der Waals surface area contributed by atoms with E-state index in [0.29, 0.717) is 0 Å². The Bertz CT molecular complexity index is 4660. The Balaban J connectivity index is 1.07. The Morgan fingerprint density at radius 3 is 0.955 bits per heavy atom. The van der Waals surface area contributed by atoms with Gasteiger partial charge in [0.25, 0.3) is 0 Å². The number of para-hydroxylation sites is 10. The zero-order valence-corrected chi connectivity index (χ0v) is 35.3. The van der Waals surface area contributed by atoms with Crippen LogP contribution in [0.3, 0.4) is 0 Å². The summed E-state index contributed by atoms with van der Waals surface area (Å²) in [4.78, 5) is 0. The number of hydrogen-bond donors (Lipinski definition) is 0. The fraction of sp³-hybridized carbons (Fsp3) is 0. The average Bonchev–Trinajstić information content (AvgIpc) is 4.11. The number of aromatic nitrogens is 6. The highest BCUT2D eigenvalue weighted by atomic mass is 15.1. The van der Waals surface area contributed by atoms with Gasteiger partial charge in [-0.2, -0.15) is 0 Å². The van der Waals surface area contributed by atoms with E-state index in [0.717, 1.165) is 11.4 Å². The third kappa shape index (κ3) is 3.74. The molecule has 0 aliphatic carbocycles. The number of hydrogen-bond acceptors (Lipinski definition) is 0. The highest BCUT2D eigenvalue weighted by molar-refractivity contribution is 6.33. The first kappa shape index (κ1) is 33.5. The van der Waals surface area contributed by atoms with E-state index in [2.05, 4.69) is 233 Å². The minimum Gasteiger partial charge on any atom is -0.306 e. The molecule has 7 heterocycles. The average molecular weight is 839 g/mol. The lowest BCUT2D eigenvalue weighted by molar-refractivity contribution is 1.14. The molecule has 0 saturated carbocycles. The SMILES string of the molecule is c1ccc(-n2c3ccccc3n3c4c(ccc5c4c4cccc6c4n5c4cccc5c7c(ccc8c9cccc%10c9n(c9ccccc9n%10-c9ccccc9)c87)n6c54)c4cccc2c43)cc1. The Morgan fingerprint density at radius 2 is 0.515 bits per heavy atom. The molecule has 0 fully saturated rings. The van der Waals surface area contributed by atoms with Crippen LogP contribution in [0.15, 0.2) is 206 Å². The molecule has 0 aliphatic heterocycles. The standard InChI is InChI=1S/C60H34N6/c1-3-15-35(16-4-1)61-43-23-7-9-25-45(43)65-55-37(19-11-27-49(55)61)39-31-33-47-53(59(39)65)41-21-13-29-51-57(41)63(47)52-30-14-22-42-54-48(64(51)58(42)52)34-32-40-38-20-12-28-50-56(38)66(60(40)54)46-26-10-8-24-44(46)62(50)36-17-5-2-6-18-36/h1-34H. The molecule has 0 unspecified atom stereocenters. The van der Waals surface area contributed by atoms with Crippen LogP contribution in [0.4, 0.5) is 0 Å². The van der Waals surface area contributed by atoms with E-state index in [1.54, 1.807) is 0 Å². The summed E-state index contributed by atoms with van der Waals surface area (Å²) in [6.45, 7) is 0. The van der Waals surface area contributed by atoms with Crippen LogP contribution in [-0.2, 0) is 0 Å². The molecular weight excluding hydrogens is 805 g/mol. The summed E-state index contributed by atoms with van der Waals surface area (Å²) in [7, 11) is 0. The minimum atomic E-state index is 1.15. The summed E-state index contributed by atoms with van der Waals surface area (Å²) < 4.78 is 15.1. The van der Waals surface area contributed by atoms with Gasteiger partial charge in [-0.25, -0.2) is 0 Å². The molecular formula is C60H34N6. The van der Waals surface area contributed by atoms with Crippen molar-refractivity contribution < 1.29 is 0 Å². The van der Waals surface area contributed by atoms with Crippen molar-refractivity contribution in [1.29, 1.82) is 0 Å². The topological polar surface area (TPSA) is 27.5 Å². The van der Waals surface area contributed by atoms with E-state index in [4.69, 9.17) is 0 Å². The van der Waals surface area contributed by atoms with E-state index in [1.165, 1.54) is 131 Å². The predicted molar refractivity (Wildman–Crippen MR) is 275 cm³/mol. The second kappa shape index (κ2) is 11.6. The summed E-state index contributed by atoms with van der Waals surface area (Å²) in [5, 5.41) is 10.1. The summed E-state index contributed by atoms with van der Waals surface area (Å²) in [5.41, 5.74) is 21.7. The van der Waals surface area contributed by atoms with E-state index in [1.807, 2.05) is 0 Å². The normalized spacial score (nSPS) is 12.8. The lowest BCUT2D eigenvalue weighted by Gasteiger charge is -2.18. The third-order valence-electron chi connectivity index (χ3n) is 15.0. The van der Waals surface area contributed by atoms with Gasteiger partial charge in [-0.15, -0.1) is 0 Å². The molecule has 0 amide bonds. The maximum atomic E-state index is 2.57. The quantitative estimate of drug-likeness (QED) is 0.155. The van der Waals surface area contributed by atoms with Gasteiger partial charge in [0.05, 0.1) is 88.3 Å². The minimum absolute atomic E-state index is 1.15. The van der Waals surface area contributed by atoms with E-state index >= 15 is 0 Å². The number of fused-ring (bicyclic) bond motifs is 20. The van der Waals surface area contributed by atoms with Crippen molar-refractivity contribution in [2.75, 3.05) is 0 Å². The molecule has 7 aromatic heterocycles. The van der Waals surface area contributed by atoms with E-state index in [9.17, 15) is 0 Å². The van der Waals surface area contributed by atoms with Crippen molar-refractivity contribution in [3.05, 3.63) is 206 Å². The Hall–Kier alpha value is -9.00. The highest BCUT2D eigenvalue weighted by Gasteiger charge is 2.27. The van der Waals surface area contributed by atoms with Gasteiger partial charge < -0.3 is 26.7 Å². The Labute approximate surface area is 374 Å². The monoisotopic (exact) mass is 838 g/mol. The summed E-state index contributed by atoms with van der Waals surface area (Å²) in [6, 6.07) is 76.4. The molecule has 0 spiro atoms. The number of nitrogens with zero attached hydrogens (tertiary/aromatic N) is 6. The lowest BCUT2D eigenvalue weighted by Crippen LogP contribution is -2.03. The molecule has 66 heavy (non-hydrogen) atoms. The van der Waals surface area contributed by atoms with Gasteiger partial charge in [-0.3, -0.25) is 0 Å². The zero-order chi connectivity index (χ0) is 42.5. The molecule has 17 aromatic rings. The van der Waals surface area contributed by atoms with Crippen molar-refractivity contribution in [3.8, 4) is 11.4 Å². The van der Waals surface area contributed by atoms with E-state index < -0.39 is 0 Å². The smallest absolute Gasteiger partial charge is 0.0784 e. The molecule has 0 bridgehead atoms. The summed E-state index contributed by atoms with van der Waals surface area (Å²) in [6.07, 6.45) is 0. The first-order valence-corrected chi connectivity index (χ1v) is 22.8. The molecule has 6 heteroatoms. The van der Waals surface area contributed by atoms with Gasteiger partial charge in [0.2, 0.25) is 0 Å². The van der Waals surface area contributed by atoms with E-state index in [-0.39, 0.29) is 0 Å². The second-order valence-corrected chi connectivity index (χ2v) is 18.1.